The Morgan fingerprint density at radius 1 is 1.37 bits per heavy atom. The molecule has 0 aliphatic heterocycles. The van der Waals surface area contributed by atoms with Crippen molar-refractivity contribution >= 4 is 17.5 Å². The summed E-state index contributed by atoms with van der Waals surface area (Å²) in [6.45, 7) is -0.0922. The fourth-order valence-corrected chi connectivity index (χ4v) is 2.35. The quantitative estimate of drug-likeness (QED) is 0.921. The third-order valence-electron chi connectivity index (χ3n) is 3.23. The lowest BCUT2D eigenvalue weighted by atomic mass is 10.00. The summed E-state index contributed by atoms with van der Waals surface area (Å²) in [6, 6.07) is 9.00. The van der Waals surface area contributed by atoms with Gasteiger partial charge in [0.05, 0.1) is 6.07 Å². The zero-order valence-electron chi connectivity index (χ0n) is 10.5. The molecule has 0 saturated heterocycles. The van der Waals surface area contributed by atoms with Crippen molar-refractivity contribution in [1.29, 1.82) is 5.26 Å². The molecule has 0 unspecified atom stereocenters. The normalized spacial score (nSPS) is 16.6. The summed E-state index contributed by atoms with van der Waals surface area (Å²) in [4.78, 5) is 11.8. The monoisotopic (exact) mass is 278 g/mol. The highest BCUT2D eigenvalue weighted by Gasteiger charge is 2.35. The molecule has 0 spiro atoms. The van der Waals surface area contributed by atoms with Gasteiger partial charge in [-0.05, 0) is 49.9 Å². The van der Waals surface area contributed by atoms with E-state index in [1.54, 1.807) is 24.3 Å². The maximum absolute atomic E-state index is 11.8. The lowest BCUT2D eigenvalue weighted by molar-refractivity contribution is -0.124. The van der Waals surface area contributed by atoms with Gasteiger partial charge in [0.25, 0.3) is 5.91 Å². The predicted octanol–water partition coefficient (Wildman–Crippen LogP) is 2.67. The van der Waals surface area contributed by atoms with E-state index in [2.05, 4.69) is 11.4 Å². The number of hydrogen-bond donors (Lipinski definition) is 1. The molecule has 2 rings (SSSR count). The highest BCUT2D eigenvalue weighted by molar-refractivity contribution is 6.30. The molecule has 1 saturated carbocycles. The van der Waals surface area contributed by atoms with Crippen LogP contribution in [-0.4, -0.2) is 18.1 Å². The number of hydrogen-bond acceptors (Lipinski definition) is 3. The molecule has 100 valence electrons. The molecule has 1 aromatic rings. The SMILES string of the molecule is N#CC1(NC(=O)COc2ccc(Cl)cc2)CCCC1. The van der Waals surface area contributed by atoms with Gasteiger partial charge in [0.1, 0.15) is 11.3 Å². The summed E-state index contributed by atoms with van der Waals surface area (Å²) in [5, 5.41) is 12.6. The van der Waals surface area contributed by atoms with Crippen molar-refractivity contribution in [1.82, 2.24) is 5.32 Å². The minimum atomic E-state index is -0.694. The average molecular weight is 279 g/mol. The van der Waals surface area contributed by atoms with Crippen LogP contribution in [0, 0.1) is 11.3 Å². The van der Waals surface area contributed by atoms with Crippen LogP contribution in [0.5, 0.6) is 5.75 Å². The largest absolute Gasteiger partial charge is 0.484 e. The van der Waals surface area contributed by atoms with Crippen LogP contribution in [0.3, 0.4) is 0 Å². The number of carbonyl (C=O) groups is 1. The van der Waals surface area contributed by atoms with E-state index >= 15 is 0 Å². The second kappa shape index (κ2) is 5.94. The Bertz CT molecular complexity index is 487. The Balaban J connectivity index is 1.85. The number of ether oxygens (including phenoxy) is 1. The van der Waals surface area contributed by atoms with Gasteiger partial charge in [-0.2, -0.15) is 5.26 Å². The molecule has 1 amide bonds. The number of nitrogens with zero attached hydrogens (tertiary/aromatic N) is 1. The molecular weight excluding hydrogens is 264 g/mol. The summed E-state index contributed by atoms with van der Waals surface area (Å²) in [6.07, 6.45) is 3.39. The van der Waals surface area contributed by atoms with E-state index in [0.29, 0.717) is 10.8 Å². The van der Waals surface area contributed by atoms with Crippen molar-refractivity contribution in [2.24, 2.45) is 0 Å². The van der Waals surface area contributed by atoms with Crippen LogP contribution in [-0.2, 0) is 4.79 Å². The zero-order chi connectivity index (χ0) is 13.7. The number of rotatable bonds is 4. The van der Waals surface area contributed by atoms with Crippen molar-refractivity contribution in [2.75, 3.05) is 6.61 Å². The van der Waals surface area contributed by atoms with Gasteiger partial charge in [-0.25, -0.2) is 0 Å². The van der Waals surface area contributed by atoms with E-state index < -0.39 is 5.54 Å². The summed E-state index contributed by atoms with van der Waals surface area (Å²) >= 11 is 5.75. The summed E-state index contributed by atoms with van der Waals surface area (Å²) in [7, 11) is 0. The van der Waals surface area contributed by atoms with Crippen molar-refractivity contribution in [3.63, 3.8) is 0 Å². The molecule has 0 heterocycles. The van der Waals surface area contributed by atoms with Crippen LogP contribution < -0.4 is 10.1 Å². The van der Waals surface area contributed by atoms with Crippen LogP contribution >= 0.6 is 11.6 Å². The van der Waals surface area contributed by atoms with Gasteiger partial charge in [0, 0.05) is 5.02 Å². The van der Waals surface area contributed by atoms with Crippen molar-refractivity contribution in [2.45, 2.75) is 31.2 Å². The number of nitrogens with one attached hydrogen (secondary N) is 1. The second-order valence-electron chi connectivity index (χ2n) is 4.69. The smallest absolute Gasteiger partial charge is 0.259 e. The van der Waals surface area contributed by atoms with E-state index in [-0.39, 0.29) is 12.5 Å². The van der Waals surface area contributed by atoms with Crippen molar-refractivity contribution in [3.8, 4) is 11.8 Å². The first-order valence-electron chi connectivity index (χ1n) is 6.24. The van der Waals surface area contributed by atoms with Crippen LogP contribution in [0.25, 0.3) is 0 Å². The Hall–Kier alpha value is -1.73. The fourth-order valence-electron chi connectivity index (χ4n) is 2.23. The molecule has 1 N–H and O–H groups in total. The molecule has 0 bridgehead atoms. The number of nitriles is 1. The molecule has 5 heteroatoms. The van der Waals surface area contributed by atoms with E-state index in [9.17, 15) is 4.79 Å². The lowest BCUT2D eigenvalue weighted by Gasteiger charge is -2.21. The standard InChI is InChI=1S/C14H15ClN2O2/c15-11-3-5-12(6-4-11)19-9-13(18)17-14(10-16)7-1-2-8-14/h3-6H,1-2,7-9H2,(H,17,18). The number of carbonyl (C=O) groups excluding carboxylic acids is 1. The molecule has 0 atom stereocenters. The topological polar surface area (TPSA) is 62.1 Å². The fraction of sp³-hybridized carbons (Fsp3) is 0.429. The maximum Gasteiger partial charge on any atom is 0.259 e. The Morgan fingerprint density at radius 3 is 2.58 bits per heavy atom. The first kappa shape index (κ1) is 13.7. The summed E-state index contributed by atoms with van der Waals surface area (Å²) < 4.78 is 5.34. The molecule has 1 aliphatic carbocycles. The van der Waals surface area contributed by atoms with Crippen molar-refractivity contribution < 1.29 is 9.53 Å². The van der Waals surface area contributed by atoms with Crippen LogP contribution in [0.4, 0.5) is 0 Å². The lowest BCUT2D eigenvalue weighted by Crippen LogP contribution is -2.47. The van der Waals surface area contributed by atoms with Gasteiger partial charge >= 0.3 is 0 Å². The molecule has 1 fully saturated rings. The van der Waals surface area contributed by atoms with E-state index in [1.165, 1.54) is 0 Å². The van der Waals surface area contributed by atoms with E-state index in [0.717, 1.165) is 25.7 Å². The minimum absolute atomic E-state index is 0.0922. The first-order chi connectivity index (χ1) is 9.13. The highest BCUT2D eigenvalue weighted by atomic mass is 35.5. The van der Waals surface area contributed by atoms with Gasteiger partial charge in [-0.1, -0.05) is 11.6 Å². The Kier molecular flexibility index (Phi) is 4.28. The average Bonchev–Trinajstić information content (AvgIpc) is 2.87. The molecule has 4 nitrogen and oxygen atoms in total. The summed E-state index contributed by atoms with van der Waals surface area (Å²) in [5.41, 5.74) is -0.694. The summed E-state index contributed by atoms with van der Waals surface area (Å²) in [5.74, 6) is 0.315. The molecule has 0 radical (unpaired) electrons. The third kappa shape index (κ3) is 3.62. The van der Waals surface area contributed by atoms with Crippen LogP contribution in [0.1, 0.15) is 25.7 Å². The van der Waals surface area contributed by atoms with Gasteiger partial charge in [0.15, 0.2) is 6.61 Å². The zero-order valence-corrected chi connectivity index (χ0v) is 11.2. The number of halogens is 1. The van der Waals surface area contributed by atoms with Crippen LogP contribution in [0.15, 0.2) is 24.3 Å². The molecule has 0 aromatic heterocycles. The van der Waals surface area contributed by atoms with Gasteiger partial charge in [0.2, 0.25) is 0 Å². The van der Waals surface area contributed by atoms with Crippen molar-refractivity contribution in [3.05, 3.63) is 29.3 Å². The van der Waals surface area contributed by atoms with Gasteiger partial charge in [-0.15, -0.1) is 0 Å². The number of amides is 1. The molecule has 1 aromatic carbocycles. The third-order valence-corrected chi connectivity index (χ3v) is 3.49. The molecule has 19 heavy (non-hydrogen) atoms. The highest BCUT2D eigenvalue weighted by Crippen LogP contribution is 2.28. The first-order valence-corrected chi connectivity index (χ1v) is 6.62. The Labute approximate surface area is 117 Å². The van der Waals surface area contributed by atoms with Crippen LogP contribution in [0.2, 0.25) is 5.02 Å². The van der Waals surface area contributed by atoms with E-state index in [4.69, 9.17) is 21.6 Å². The van der Waals surface area contributed by atoms with E-state index in [1.807, 2.05) is 0 Å². The maximum atomic E-state index is 11.8. The predicted molar refractivity (Wildman–Crippen MR) is 71.9 cm³/mol. The molecular formula is C14H15ClN2O2. The number of benzene rings is 1. The van der Waals surface area contributed by atoms with Gasteiger partial charge in [-0.3, -0.25) is 4.79 Å². The van der Waals surface area contributed by atoms with Gasteiger partial charge < -0.3 is 10.1 Å². The Morgan fingerprint density at radius 2 is 2.00 bits per heavy atom. The second-order valence-corrected chi connectivity index (χ2v) is 5.13. The molecule has 1 aliphatic rings. The minimum Gasteiger partial charge on any atom is -0.484 e.